The maximum absolute atomic E-state index is 11.8. The smallest absolute Gasteiger partial charge is 0.227 e. The molecular weight excluding hydrogens is 272 g/mol. The number of hydrogen-bond donors (Lipinski definition) is 2. The zero-order chi connectivity index (χ0) is 13.3. The summed E-state index contributed by atoms with van der Waals surface area (Å²) in [4.78, 5) is 14.2. The van der Waals surface area contributed by atoms with Crippen molar-refractivity contribution in [2.45, 2.75) is 11.3 Å². The van der Waals surface area contributed by atoms with Gasteiger partial charge in [-0.25, -0.2) is 13.6 Å². The molecule has 5 nitrogen and oxygen atoms in total. The molecule has 1 aromatic rings. The molecule has 0 aromatic heterocycles. The largest absolute Gasteiger partial charge is 0.312 e. The molecule has 0 aliphatic carbocycles. The van der Waals surface area contributed by atoms with E-state index in [0.717, 1.165) is 10.6 Å². The van der Waals surface area contributed by atoms with Crippen molar-refractivity contribution in [3.63, 3.8) is 0 Å². The lowest BCUT2D eigenvalue weighted by Gasteiger charge is -2.16. The molecule has 1 aliphatic heterocycles. The molecule has 0 bridgehead atoms. The number of nitrogens with two attached hydrogens (primary N) is 1. The maximum Gasteiger partial charge on any atom is 0.227 e. The van der Waals surface area contributed by atoms with E-state index < -0.39 is 10.0 Å². The molecule has 18 heavy (non-hydrogen) atoms. The second kappa shape index (κ2) is 4.91. The molecule has 0 radical (unpaired) electrons. The second-order valence-corrected chi connectivity index (χ2v) is 6.60. The molecule has 1 unspecified atom stereocenters. The van der Waals surface area contributed by atoms with E-state index in [4.69, 9.17) is 5.14 Å². The Labute approximate surface area is 111 Å². The Balaban J connectivity index is 2.15. The first-order valence-corrected chi connectivity index (χ1v) is 7.61. The molecule has 2 rings (SSSR count). The summed E-state index contributed by atoms with van der Waals surface area (Å²) in [6.07, 6.45) is 0.216. The number of anilines is 1. The van der Waals surface area contributed by atoms with Crippen molar-refractivity contribution in [1.82, 2.24) is 0 Å². The minimum Gasteiger partial charge on any atom is -0.312 e. The highest BCUT2D eigenvalue weighted by molar-refractivity contribution is 7.89. The van der Waals surface area contributed by atoms with Gasteiger partial charge in [-0.2, -0.15) is 0 Å². The van der Waals surface area contributed by atoms with Crippen LogP contribution in [0.15, 0.2) is 29.2 Å². The number of nitrogens with zero attached hydrogens (tertiary/aromatic N) is 1. The van der Waals surface area contributed by atoms with Crippen molar-refractivity contribution < 1.29 is 13.2 Å². The normalized spacial score (nSPS) is 20.4. The van der Waals surface area contributed by atoms with E-state index in [1.54, 1.807) is 23.1 Å². The molecule has 1 aliphatic rings. The molecule has 1 aromatic carbocycles. The number of sulfonamides is 1. The van der Waals surface area contributed by atoms with Crippen LogP contribution in [0.25, 0.3) is 0 Å². The standard InChI is InChI=1S/C11H14N2O3S2/c12-18(15,16)7-8-4-11(14)13(6-8)9-2-1-3-10(17)5-9/h1-3,5,8,17H,4,6-7H2,(H2,12,15,16). The van der Waals surface area contributed by atoms with Gasteiger partial charge in [-0.3, -0.25) is 4.79 Å². The van der Waals surface area contributed by atoms with Crippen LogP contribution in [0.5, 0.6) is 0 Å². The van der Waals surface area contributed by atoms with E-state index in [1.807, 2.05) is 6.07 Å². The van der Waals surface area contributed by atoms with Crippen LogP contribution < -0.4 is 10.0 Å². The quantitative estimate of drug-likeness (QED) is 0.799. The van der Waals surface area contributed by atoms with Crippen molar-refractivity contribution in [3.05, 3.63) is 24.3 Å². The van der Waals surface area contributed by atoms with Gasteiger partial charge in [-0.05, 0) is 18.2 Å². The zero-order valence-corrected chi connectivity index (χ0v) is 11.3. The molecule has 1 heterocycles. The van der Waals surface area contributed by atoms with Gasteiger partial charge in [0.25, 0.3) is 0 Å². The number of thiol groups is 1. The minimum atomic E-state index is -3.54. The fraction of sp³-hybridized carbons (Fsp3) is 0.364. The Morgan fingerprint density at radius 1 is 1.44 bits per heavy atom. The fourth-order valence-corrected chi connectivity index (χ4v) is 3.23. The Morgan fingerprint density at radius 3 is 2.78 bits per heavy atom. The van der Waals surface area contributed by atoms with Crippen molar-refractivity contribution in [1.29, 1.82) is 0 Å². The zero-order valence-electron chi connectivity index (χ0n) is 9.61. The molecule has 1 saturated heterocycles. The molecule has 2 N–H and O–H groups in total. The van der Waals surface area contributed by atoms with Gasteiger partial charge in [-0.15, -0.1) is 12.6 Å². The van der Waals surface area contributed by atoms with E-state index in [0.29, 0.717) is 6.54 Å². The number of hydrogen-bond acceptors (Lipinski definition) is 4. The molecule has 1 atom stereocenters. The maximum atomic E-state index is 11.8. The summed E-state index contributed by atoms with van der Waals surface area (Å²) in [6, 6.07) is 7.20. The van der Waals surface area contributed by atoms with Gasteiger partial charge in [-0.1, -0.05) is 6.07 Å². The van der Waals surface area contributed by atoms with Crippen molar-refractivity contribution >= 4 is 34.2 Å². The molecular formula is C11H14N2O3S2. The Morgan fingerprint density at radius 2 is 2.17 bits per heavy atom. The summed E-state index contributed by atoms with van der Waals surface area (Å²) in [5, 5.41) is 5.00. The van der Waals surface area contributed by atoms with Gasteiger partial charge in [0.05, 0.1) is 5.75 Å². The van der Waals surface area contributed by atoms with Crippen molar-refractivity contribution in [2.75, 3.05) is 17.2 Å². The Hall–Kier alpha value is -1.05. The highest BCUT2D eigenvalue weighted by Crippen LogP contribution is 2.27. The number of carbonyl (C=O) groups excluding carboxylic acids is 1. The SMILES string of the molecule is NS(=O)(=O)CC1CC(=O)N(c2cccc(S)c2)C1. The monoisotopic (exact) mass is 286 g/mol. The fourth-order valence-electron chi connectivity index (χ4n) is 2.13. The van der Waals surface area contributed by atoms with Crippen LogP contribution >= 0.6 is 12.6 Å². The van der Waals surface area contributed by atoms with Gasteiger partial charge in [0.2, 0.25) is 15.9 Å². The lowest BCUT2D eigenvalue weighted by atomic mass is 10.1. The average Bonchev–Trinajstić information content (AvgIpc) is 2.56. The third-order valence-corrected chi connectivity index (χ3v) is 4.03. The summed E-state index contributed by atoms with van der Waals surface area (Å²) >= 11 is 4.21. The van der Waals surface area contributed by atoms with Crippen LogP contribution in [0.3, 0.4) is 0 Å². The molecule has 0 spiro atoms. The van der Waals surface area contributed by atoms with Gasteiger partial charge >= 0.3 is 0 Å². The van der Waals surface area contributed by atoms with E-state index in [1.165, 1.54) is 0 Å². The van der Waals surface area contributed by atoms with Gasteiger partial charge in [0, 0.05) is 29.5 Å². The number of carbonyl (C=O) groups is 1. The molecule has 1 fully saturated rings. The number of rotatable bonds is 3. The molecule has 7 heteroatoms. The van der Waals surface area contributed by atoms with Gasteiger partial charge in [0.1, 0.15) is 0 Å². The third-order valence-electron chi connectivity index (χ3n) is 2.81. The lowest BCUT2D eigenvalue weighted by Crippen LogP contribution is -2.27. The average molecular weight is 286 g/mol. The van der Waals surface area contributed by atoms with Crippen LogP contribution in [0.4, 0.5) is 5.69 Å². The molecule has 1 amide bonds. The molecule has 0 saturated carbocycles. The lowest BCUT2D eigenvalue weighted by molar-refractivity contribution is -0.117. The topological polar surface area (TPSA) is 80.5 Å². The highest BCUT2D eigenvalue weighted by atomic mass is 32.2. The first-order chi connectivity index (χ1) is 8.35. The van der Waals surface area contributed by atoms with Crippen LogP contribution in [-0.2, 0) is 14.8 Å². The number of primary sulfonamides is 1. The van der Waals surface area contributed by atoms with E-state index in [-0.39, 0.29) is 24.0 Å². The van der Waals surface area contributed by atoms with Crippen LogP contribution in [0, 0.1) is 5.92 Å². The number of amides is 1. The summed E-state index contributed by atoms with van der Waals surface area (Å²) in [5.74, 6) is -0.478. The first kappa shape index (κ1) is 13.4. The Kier molecular flexibility index (Phi) is 3.65. The molecule has 98 valence electrons. The van der Waals surface area contributed by atoms with Crippen molar-refractivity contribution in [2.24, 2.45) is 11.1 Å². The Bertz CT molecular complexity index is 571. The minimum absolute atomic E-state index is 0.0809. The third kappa shape index (κ3) is 3.24. The van der Waals surface area contributed by atoms with Crippen molar-refractivity contribution in [3.8, 4) is 0 Å². The van der Waals surface area contributed by atoms with E-state index in [2.05, 4.69) is 12.6 Å². The summed E-state index contributed by atoms with van der Waals surface area (Å²) < 4.78 is 22.1. The van der Waals surface area contributed by atoms with E-state index in [9.17, 15) is 13.2 Å². The van der Waals surface area contributed by atoms with E-state index >= 15 is 0 Å². The van der Waals surface area contributed by atoms with Crippen LogP contribution in [-0.4, -0.2) is 26.6 Å². The van der Waals surface area contributed by atoms with Crippen LogP contribution in [0.1, 0.15) is 6.42 Å². The summed E-state index contributed by atoms with van der Waals surface area (Å²) in [6.45, 7) is 0.381. The van der Waals surface area contributed by atoms with Gasteiger partial charge < -0.3 is 4.90 Å². The van der Waals surface area contributed by atoms with Gasteiger partial charge in [0.15, 0.2) is 0 Å². The summed E-state index contributed by atoms with van der Waals surface area (Å²) in [7, 11) is -3.54. The number of benzene rings is 1. The second-order valence-electron chi connectivity index (χ2n) is 4.42. The first-order valence-electron chi connectivity index (χ1n) is 5.45. The van der Waals surface area contributed by atoms with Crippen LogP contribution in [0.2, 0.25) is 0 Å². The summed E-state index contributed by atoms with van der Waals surface area (Å²) in [5.41, 5.74) is 0.740. The predicted octanol–water partition coefficient (Wildman–Crippen LogP) is 0.617. The predicted molar refractivity (Wildman–Crippen MR) is 72.1 cm³/mol. The highest BCUT2D eigenvalue weighted by Gasteiger charge is 2.32.